The maximum atomic E-state index is 14.6. The topological polar surface area (TPSA) is 50.9 Å². The molecule has 0 amide bonds. The molecule has 0 saturated heterocycles. The number of alkyl halides is 2. The average Bonchev–Trinajstić information content (AvgIpc) is 2.84. The second kappa shape index (κ2) is 7.47. The average molecular weight is 451 g/mol. The van der Waals surface area contributed by atoms with E-state index in [2.05, 4.69) is 26.2 Å². The van der Waals surface area contributed by atoms with Crippen LogP contribution in [0.5, 0.6) is 0 Å². The van der Waals surface area contributed by atoms with Gasteiger partial charge in [0, 0.05) is 30.0 Å². The zero-order chi connectivity index (χ0) is 18.2. The number of thiophene rings is 1. The molecule has 3 N–H and O–H groups in total. The van der Waals surface area contributed by atoms with Crippen molar-refractivity contribution in [1.82, 2.24) is 4.98 Å². The fourth-order valence-corrected chi connectivity index (χ4v) is 5.71. The summed E-state index contributed by atoms with van der Waals surface area (Å²) in [6.07, 6.45) is 4.82. The van der Waals surface area contributed by atoms with E-state index in [1.54, 1.807) is 6.07 Å². The molecule has 2 aromatic heterocycles. The Hall–Kier alpha value is -0.760. The highest BCUT2D eigenvalue weighted by Gasteiger charge is 2.48. The zero-order valence-electron chi connectivity index (χ0n) is 13.7. The predicted octanol–water partition coefficient (Wildman–Crippen LogP) is 5.93. The summed E-state index contributed by atoms with van der Waals surface area (Å²) in [6.45, 7) is 2.55. The lowest BCUT2D eigenvalue weighted by atomic mass is 9.81. The molecule has 0 aliphatic heterocycles. The number of rotatable bonds is 4. The Morgan fingerprint density at radius 1 is 1.56 bits per heavy atom. The maximum absolute atomic E-state index is 14.6. The van der Waals surface area contributed by atoms with Crippen LogP contribution in [-0.4, -0.2) is 23.5 Å². The van der Waals surface area contributed by atoms with Gasteiger partial charge in [0.1, 0.15) is 5.15 Å². The maximum Gasteiger partial charge on any atom is 0.257 e. The number of nitrogens with two attached hydrogens (primary N) is 1. The van der Waals surface area contributed by atoms with Crippen molar-refractivity contribution in [1.29, 1.82) is 0 Å². The van der Waals surface area contributed by atoms with Crippen molar-refractivity contribution in [3.8, 4) is 0 Å². The molecule has 2 aromatic rings. The van der Waals surface area contributed by atoms with Crippen LogP contribution < -0.4 is 11.1 Å². The lowest BCUT2D eigenvalue weighted by Crippen LogP contribution is -2.43. The van der Waals surface area contributed by atoms with E-state index in [1.807, 2.05) is 19.1 Å². The van der Waals surface area contributed by atoms with Crippen LogP contribution in [0.2, 0.25) is 5.15 Å². The number of nitrogens with one attached hydrogen (secondary N) is 1. The van der Waals surface area contributed by atoms with Crippen molar-refractivity contribution in [3.63, 3.8) is 0 Å². The number of anilines is 1. The monoisotopic (exact) mass is 449 g/mol. The Balaban J connectivity index is 2.11. The minimum atomic E-state index is -2.82. The lowest BCUT2D eigenvalue weighted by molar-refractivity contribution is -0.0603. The van der Waals surface area contributed by atoms with Crippen LogP contribution in [-0.2, 0) is 0 Å². The quantitative estimate of drug-likeness (QED) is 0.448. The van der Waals surface area contributed by atoms with E-state index in [9.17, 15) is 8.78 Å². The van der Waals surface area contributed by atoms with Crippen LogP contribution in [0.3, 0.4) is 0 Å². The highest BCUT2D eigenvalue weighted by molar-refractivity contribution is 9.10. The van der Waals surface area contributed by atoms with Crippen LogP contribution in [0.1, 0.15) is 37.0 Å². The van der Waals surface area contributed by atoms with E-state index in [4.69, 9.17) is 17.3 Å². The van der Waals surface area contributed by atoms with E-state index in [1.165, 1.54) is 11.3 Å². The standard InChI is InChI=1S/C17H19BrClF2N3S/c1-2-3-7-23-10-8-11(19)24-14-13(18)16(25-15(10)14)12-9(22)5-4-6-17(12,20)21/h2-3,8-9,12H,4-7,22H2,1H3,(H,23,24)/b3-2+/t9-,12-/m0/s1. The van der Waals surface area contributed by atoms with Crippen LogP contribution in [0, 0.1) is 0 Å². The number of hydrogen-bond acceptors (Lipinski definition) is 4. The third kappa shape index (κ3) is 3.70. The van der Waals surface area contributed by atoms with Gasteiger partial charge in [-0.2, -0.15) is 0 Å². The molecule has 3 nitrogen and oxygen atoms in total. The van der Waals surface area contributed by atoms with Gasteiger partial charge in [-0.05, 0) is 35.7 Å². The Morgan fingerprint density at radius 2 is 2.32 bits per heavy atom. The van der Waals surface area contributed by atoms with Crippen molar-refractivity contribution >= 4 is 54.8 Å². The Morgan fingerprint density at radius 3 is 3.00 bits per heavy atom. The first-order valence-electron chi connectivity index (χ1n) is 8.12. The zero-order valence-corrected chi connectivity index (χ0v) is 16.8. The molecule has 0 aromatic carbocycles. The summed E-state index contributed by atoms with van der Waals surface area (Å²) in [7, 11) is 0. The lowest BCUT2D eigenvalue weighted by Gasteiger charge is -2.35. The molecule has 3 rings (SSSR count). The van der Waals surface area contributed by atoms with Gasteiger partial charge in [-0.15, -0.1) is 11.3 Å². The van der Waals surface area contributed by atoms with Gasteiger partial charge in [-0.25, -0.2) is 13.8 Å². The van der Waals surface area contributed by atoms with E-state index in [-0.39, 0.29) is 6.42 Å². The third-order valence-electron chi connectivity index (χ3n) is 4.44. The van der Waals surface area contributed by atoms with E-state index in [0.717, 1.165) is 10.4 Å². The molecule has 1 aliphatic rings. The number of hydrogen-bond donors (Lipinski definition) is 2. The van der Waals surface area contributed by atoms with E-state index < -0.39 is 17.9 Å². The second-order valence-corrected chi connectivity index (χ2v) is 8.43. The number of allylic oxidation sites excluding steroid dienone is 1. The highest BCUT2D eigenvalue weighted by atomic mass is 79.9. The molecular formula is C17H19BrClF2N3S. The smallest absolute Gasteiger partial charge is 0.257 e. The molecule has 2 atom stereocenters. The number of halogens is 4. The molecule has 1 saturated carbocycles. The van der Waals surface area contributed by atoms with Gasteiger partial charge in [-0.1, -0.05) is 23.8 Å². The number of fused-ring (bicyclic) bond motifs is 1. The Bertz CT molecular complexity index is 809. The normalized spacial score (nSPS) is 23.4. The first kappa shape index (κ1) is 19.0. The van der Waals surface area contributed by atoms with Gasteiger partial charge in [0.05, 0.1) is 26.3 Å². The molecular weight excluding hydrogens is 432 g/mol. The van der Waals surface area contributed by atoms with Gasteiger partial charge < -0.3 is 11.1 Å². The van der Waals surface area contributed by atoms with Gasteiger partial charge >= 0.3 is 0 Å². The molecule has 0 spiro atoms. The largest absolute Gasteiger partial charge is 0.380 e. The first-order chi connectivity index (χ1) is 11.8. The minimum Gasteiger partial charge on any atom is -0.380 e. The van der Waals surface area contributed by atoms with Crippen molar-refractivity contribution < 1.29 is 8.78 Å². The molecule has 1 aliphatic carbocycles. The summed E-state index contributed by atoms with van der Waals surface area (Å²) < 4.78 is 30.5. The van der Waals surface area contributed by atoms with Crippen molar-refractivity contribution in [2.45, 2.75) is 44.1 Å². The fraction of sp³-hybridized carbons (Fsp3) is 0.471. The van der Waals surface area contributed by atoms with Gasteiger partial charge in [0.15, 0.2) is 0 Å². The van der Waals surface area contributed by atoms with Crippen LogP contribution >= 0.6 is 38.9 Å². The first-order valence-corrected chi connectivity index (χ1v) is 10.1. The molecule has 0 bridgehead atoms. The fourth-order valence-electron chi connectivity index (χ4n) is 3.24. The minimum absolute atomic E-state index is 0.132. The van der Waals surface area contributed by atoms with Gasteiger partial charge in [-0.3, -0.25) is 0 Å². The number of nitrogens with zero attached hydrogens (tertiary/aromatic N) is 1. The van der Waals surface area contributed by atoms with Crippen molar-refractivity contribution in [2.75, 3.05) is 11.9 Å². The highest BCUT2D eigenvalue weighted by Crippen LogP contribution is 2.51. The van der Waals surface area contributed by atoms with E-state index >= 15 is 0 Å². The molecule has 25 heavy (non-hydrogen) atoms. The summed E-state index contributed by atoms with van der Waals surface area (Å²) in [4.78, 5) is 4.89. The molecule has 8 heteroatoms. The summed E-state index contributed by atoms with van der Waals surface area (Å²) in [5.74, 6) is -3.82. The molecule has 0 radical (unpaired) electrons. The van der Waals surface area contributed by atoms with Gasteiger partial charge in [0.25, 0.3) is 5.92 Å². The third-order valence-corrected chi connectivity index (χ3v) is 6.99. The van der Waals surface area contributed by atoms with Crippen molar-refractivity contribution in [3.05, 3.63) is 32.7 Å². The molecule has 1 fully saturated rings. The molecule has 0 unspecified atom stereocenters. The van der Waals surface area contributed by atoms with E-state index in [0.29, 0.717) is 39.4 Å². The second-order valence-electron chi connectivity index (χ2n) is 6.20. The summed E-state index contributed by atoms with van der Waals surface area (Å²) in [5.41, 5.74) is 7.47. The van der Waals surface area contributed by atoms with Crippen molar-refractivity contribution in [2.24, 2.45) is 5.73 Å². The summed E-state index contributed by atoms with van der Waals surface area (Å²) >= 11 is 10.9. The van der Waals surface area contributed by atoms with Crippen LogP contribution in [0.25, 0.3) is 10.2 Å². The SMILES string of the molecule is C/C=C/CNc1cc(Cl)nc2c(Br)c([C@@H]3[C@@H](N)CCCC3(F)F)sc12. The van der Waals surface area contributed by atoms with Crippen LogP contribution in [0.15, 0.2) is 22.7 Å². The summed E-state index contributed by atoms with van der Waals surface area (Å²) in [5, 5.41) is 3.58. The number of aromatic nitrogens is 1. The van der Waals surface area contributed by atoms with Gasteiger partial charge in [0.2, 0.25) is 0 Å². The predicted molar refractivity (Wildman–Crippen MR) is 105 cm³/mol. The van der Waals surface area contributed by atoms with Crippen LogP contribution in [0.4, 0.5) is 14.5 Å². The molecule has 136 valence electrons. The number of pyridine rings is 1. The Labute approximate surface area is 162 Å². The molecule has 2 heterocycles. The summed E-state index contributed by atoms with van der Waals surface area (Å²) in [6, 6.07) is 1.15. The Kier molecular flexibility index (Phi) is 5.68.